The molecule has 96 valence electrons. The van der Waals surface area contributed by atoms with Crippen LogP contribution in [0.4, 0.5) is 0 Å². The van der Waals surface area contributed by atoms with E-state index in [2.05, 4.69) is 41.5 Å². The molecule has 0 unspecified atom stereocenters. The van der Waals surface area contributed by atoms with Gasteiger partial charge < -0.3 is 8.17 Å². The lowest BCUT2D eigenvalue weighted by molar-refractivity contribution is 0.421. The zero-order chi connectivity index (χ0) is 13.4. The minimum atomic E-state index is -0.102. The lowest BCUT2D eigenvalue weighted by atomic mass is 9.79. The molecule has 1 N–H and O–H groups in total. The van der Waals surface area contributed by atoms with E-state index < -0.39 is 0 Å². The van der Waals surface area contributed by atoms with Crippen molar-refractivity contribution in [3.8, 4) is 11.5 Å². The third-order valence-corrected chi connectivity index (χ3v) is 3.30. The number of phenolic OH excluding ortho intramolecular Hbond substituents is 1. The smallest absolute Gasteiger partial charge is 0.192 e. The van der Waals surface area contributed by atoms with E-state index in [1.54, 1.807) is 0 Å². The molecule has 0 bridgehead atoms. The number of hydrogen-bond acceptors (Lipinski definition) is 2. The van der Waals surface area contributed by atoms with Crippen LogP contribution in [0.2, 0.25) is 0 Å². The molecule has 0 aromatic heterocycles. The molecule has 0 aliphatic heterocycles. The molecule has 1 rings (SSSR count). The molecule has 0 fully saturated rings. The van der Waals surface area contributed by atoms with Gasteiger partial charge in [0.1, 0.15) is 11.5 Å². The molecule has 0 heterocycles. The van der Waals surface area contributed by atoms with Crippen molar-refractivity contribution in [2.45, 2.75) is 52.4 Å². The second-order valence-electron chi connectivity index (χ2n) is 6.44. The summed E-state index contributed by atoms with van der Waals surface area (Å²) in [5.41, 5.74) is 1.65. The Morgan fingerprint density at radius 3 is 1.53 bits per heavy atom. The molecule has 1 aromatic rings. The van der Waals surface area contributed by atoms with Gasteiger partial charge in [-0.25, -0.2) is 0 Å². The van der Waals surface area contributed by atoms with Crippen LogP contribution in [0.5, 0.6) is 11.5 Å². The highest BCUT2D eigenvalue weighted by Gasteiger charge is 2.26. The fraction of sp³-hybridized carbons (Fsp3) is 0.571. The van der Waals surface area contributed by atoms with Crippen LogP contribution in [0.15, 0.2) is 12.1 Å². The summed E-state index contributed by atoms with van der Waals surface area (Å²) in [7, 11) is 0. The molecule has 2 nitrogen and oxygen atoms in total. The zero-order valence-corrected chi connectivity index (χ0v) is 13.5. The second kappa shape index (κ2) is 4.67. The van der Waals surface area contributed by atoms with Crippen molar-refractivity contribution in [1.29, 1.82) is 0 Å². The maximum Gasteiger partial charge on any atom is 0.192 e. The third kappa shape index (κ3) is 3.27. The maximum absolute atomic E-state index is 10.4. The van der Waals surface area contributed by atoms with Crippen LogP contribution in [0.1, 0.15) is 52.7 Å². The van der Waals surface area contributed by atoms with Crippen molar-refractivity contribution < 1.29 is 8.17 Å². The van der Waals surface area contributed by atoms with Crippen LogP contribution in [0.25, 0.3) is 0 Å². The van der Waals surface area contributed by atoms with E-state index in [-0.39, 0.29) is 10.8 Å². The molecule has 0 radical (unpaired) electrons. The summed E-state index contributed by atoms with van der Waals surface area (Å²) in [6, 6.07) is 3.83. The largest absolute Gasteiger partial charge is 0.507 e. The molecule has 0 atom stereocenters. The quantitative estimate of drug-likeness (QED) is 0.745. The molecule has 1 aromatic carbocycles. The van der Waals surface area contributed by atoms with Crippen LogP contribution >= 0.6 is 23.0 Å². The van der Waals surface area contributed by atoms with Crippen molar-refractivity contribution in [3.05, 3.63) is 23.3 Å². The fourth-order valence-electron chi connectivity index (χ4n) is 1.80. The monoisotopic (exact) mass is 348 g/mol. The van der Waals surface area contributed by atoms with Gasteiger partial charge in [-0.3, -0.25) is 0 Å². The van der Waals surface area contributed by atoms with Crippen molar-refractivity contribution in [3.63, 3.8) is 0 Å². The van der Waals surface area contributed by atoms with Gasteiger partial charge in [-0.05, 0) is 23.0 Å². The number of benzene rings is 1. The molecule has 0 saturated heterocycles. The van der Waals surface area contributed by atoms with E-state index >= 15 is 0 Å². The Bertz CT molecular complexity index is 376. The summed E-state index contributed by atoms with van der Waals surface area (Å²) in [6.07, 6.45) is 0. The van der Waals surface area contributed by atoms with E-state index in [0.29, 0.717) is 5.75 Å². The highest BCUT2D eigenvalue weighted by Crippen LogP contribution is 2.41. The fourth-order valence-corrected chi connectivity index (χ4v) is 2.05. The second-order valence-corrected chi connectivity index (χ2v) is 6.88. The summed E-state index contributed by atoms with van der Waals surface area (Å²) in [5, 5.41) is 10.4. The first kappa shape index (κ1) is 14.6. The molecule has 0 saturated carbocycles. The predicted octanol–water partition coefficient (Wildman–Crippen LogP) is 4.72. The standard InChI is InChI=1S/C14H21IO2/c1-13(2,3)10-7-9(17-15)8-11(12(10)16)14(4,5)6/h7-8,16H,1-6H3. The van der Waals surface area contributed by atoms with E-state index in [0.717, 1.165) is 16.9 Å². The minimum absolute atomic E-state index is 0.102. The SMILES string of the molecule is CC(C)(C)c1cc(OI)cc(C(C)(C)C)c1O. The van der Waals surface area contributed by atoms with E-state index in [9.17, 15) is 5.11 Å². The summed E-state index contributed by atoms with van der Waals surface area (Å²) < 4.78 is 5.30. The Morgan fingerprint density at radius 1 is 0.941 bits per heavy atom. The molecule has 0 aliphatic carbocycles. The van der Waals surface area contributed by atoms with Crippen molar-refractivity contribution in [2.75, 3.05) is 0 Å². The first-order valence-corrected chi connectivity index (χ1v) is 6.62. The Morgan fingerprint density at radius 2 is 1.29 bits per heavy atom. The lowest BCUT2D eigenvalue weighted by Crippen LogP contribution is -2.17. The Balaban J connectivity index is 3.53. The molecule has 0 aliphatic rings. The van der Waals surface area contributed by atoms with Gasteiger partial charge in [0.05, 0.1) is 0 Å². The highest BCUT2D eigenvalue weighted by atomic mass is 127. The number of aromatic hydroxyl groups is 1. The van der Waals surface area contributed by atoms with Gasteiger partial charge in [-0.15, -0.1) is 0 Å². The first-order chi connectivity index (χ1) is 7.57. The van der Waals surface area contributed by atoms with E-state index in [4.69, 9.17) is 3.07 Å². The average molecular weight is 348 g/mol. The van der Waals surface area contributed by atoms with Crippen LogP contribution < -0.4 is 3.07 Å². The van der Waals surface area contributed by atoms with Gasteiger partial charge in [-0.1, -0.05) is 41.5 Å². The highest BCUT2D eigenvalue weighted by molar-refractivity contribution is 14.1. The number of hydrogen-bond donors (Lipinski definition) is 1. The summed E-state index contributed by atoms with van der Waals surface area (Å²) in [5.74, 6) is 1.18. The first-order valence-electron chi connectivity index (χ1n) is 5.74. The Kier molecular flexibility index (Phi) is 4.01. The predicted molar refractivity (Wildman–Crippen MR) is 80.2 cm³/mol. The molecular formula is C14H21IO2. The maximum atomic E-state index is 10.4. The van der Waals surface area contributed by atoms with Crippen molar-refractivity contribution in [1.82, 2.24) is 0 Å². The number of rotatable bonds is 1. The Labute approximate surface area is 118 Å². The van der Waals surface area contributed by atoms with E-state index in [1.165, 1.54) is 0 Å². The van der Waals surface area contributed by atoms with Crippen LogP contribution in [0.3, 0.4) is 0 Å². The van der Waals surface area contributed by atoms with Gasteiger partial charge in [-0.2, -0.15) is 0 Å². The van der Waals surface area contributed by atoms with Gasteiger partial charge in [0, 0.05) is 11.1 Å². The van der Waals surface area contributed by atoms with Crippen LogP contribution in [0, 0.1) is 0 Å². The Hall–Kier alpha value is -0.450. The zero-order valence-electron chi connectivity index (χ0n) is 11.4. The van der Waals surface area contributed by atoms with Crippen molar-refractivity contribution >= 4 is 23.0 Å². The minimum Gasteiger partial charge on any atom is -0.507 e. The molecular weight excluding hydrogens is 327 g/mol. The van der Waals surface area contributed by atoms with Crippen molar-refractivity contribution in [2.24, 2.45) is 0 Å². The topological polar surface area (TPSA) is 29.5 Å². The van der Waals surface area contributed by atoms with E-state index in [1.807, 2.05) is 35.1 Å². The normalized spacial score (nSPS) is 12.6. The number of halogens is 1. The van der Waals surface area contributed by atoms with Crippen LogP contribution in [-0.2, 0) is 10.8 Å². The molecule has 17 heavy (non-hydrogen) atoms. The summed E-state index contributed by atoms with van der Waals surface area (Å²) in [6.45, 7) is 12.5. The summed E-state index contributed by atoms with van der Waals surface area (Å²) >= 11 is 1.87. The number of phenols is 1. The van der Waals surface area contributed by atoms with Gasteiger partial charge in [0.15, 0.2) is 23.0 Å². The average Bonchev–Trinajstić information content (AvgIpc) is 2.14. The van der Waals surface area contributed by atoms with Gasteiger partial charge in [0.2, 0.25) is 0 Å². The lowest BCUT2D eigenvalue weighted by Gasteiger charge is -2.27. The summed E-state index contributed by atoms with van der Waals surface area (Å²) in [4.78, 5) is 0. The van der Waals surface area contributed by atoms with Crippen LogP contribution in [-0.4, -0.2) is 5.11 Å². The molecule has 0 spiro atoms. The van der Waals surface area contributed by atoms with Gasteiger partial charge >= 0.3 is 0 Å². The third-order valence-electron chi connectivity index (χ3n) is 2.79. The van der Waals surface area contributed by atoms with Gasteiger partial charge in [0.25, 0.3) is 0 Å². The molecule has 0 amide bonds. The molecule has 3 heteroatoms.